The first-order chi connectivity index (χ1) is 34.9. The second kappa shape index (κ2) is 40.7. The van der Waals surface area contributed by atoms with Gasteiger partial charge in [-0.25, -0.2) is 22.0 Å². The Labute approximate surface area is 468 Å². The van der Waals surface area contributed by atoms with Crippen molar-refractivity contribution in [2.24, 2.45) is 45.3 Å². The Kier molecular flexibility index (Phi) is 48.2. The van der Waals surface area contributed by atoms with Crippen LogP contribution in [-0.4, -0.2) is 54.6 Å². The number of hydrogen-bond acceptors (Lipinski definition) is 0. The number of hydrogen-bond donors (Lipinski definition) is 0. The van der Waals surface area contributed by atoms with Gasteiger partial charge in [-0.05, 0) is 122 Å². The van der Waals surface area contributed by atoms with E-state index in [9.17, 15) is 101 Å². The van der Waals surface area contributed by atoms with E-state index >= 15 is 0 Å². The van der Waals surface area contributed by atoms with E-state index in [0.29, 0.717) is 10.8 Å². The molecule has 0 aromatic heterocycles. The van der Waals surface area contributed by atoms with Crippen molar-refractivity contribution in [2.45, 2.75) is 323 Å². The highest BCUT2D eigenvalue weighted by molar-refractivity contribution is 4.89. The topological polar surface area (TPSA) is 0 Å². The van der Waals surface area contributed by atoms with Crippen LogP contribution >= 0.6 is 0 Å². The molecule has 80 heavy (non-hydrogen) atoms. The van der Waals surface area contributed by atoms with Gasteiger partial charge in [0.05, 0.1) is 5.92 Å². The Hall–Kier alpha value is -1.61. The Bertz CT molecular complexity index is 1330. The first-order valence-electron chi connectivity index (χ1n) is 27.7. The van der Waals surface area contributed by atoms with Crippen LogP contribution in [0.4, 0.5) is 101 Å². The van der Waals surface area contributed by atoms with Crippen LogP contribution in [-0.2, 0) is 0 Å². The van der Waals surface area contributed by atoms with Crippen LogP contribution in [0, 0.1) is 45.3 Å². The molecule has 0 heterocycles. The van der Waals surface area contributed by atoms with E-state index in [1.165, 1.54) is 97.8 Å². The maximum absolute atomic E-state index is 11.9. The van der Waals surface area contributed by atoms with E-state index in [1.54, 1.807) is 6.92 Å². The third-order valence-electron chi connectivity index (χ3n) is 13.2. The minimum absolute atomic E-state index is 0.0625. The standard InChI is InChI=1S/C10H20.C8H16.C6H8F6.C6H14.C5H6F6.C5H9F3.C4H7F3.C4H8F2.C4H7F.C3H6F2.C2H6/c1-4-9-5-7-10(2,3)8-6-9;1-2-8-6-4-3-5-7-8;1-3-4(2,5(7,8)9)6(10,11)12;1-5-6(2,3)4;1-3(2,4(6,7)8)5(9,10)11;1-3-4(2)5(6,7)8;1-3(2)4(5,6)7;1-3-4(2,5)6;1-4(5)2-3-4;1-3(2,4)5;1-2/h9H,4-8H2,1-3H3;8H,2-7H2,1H3;3H2,1-2H3;5H2,1-4H3;1-2H3;4H,3H2,1-2H3;3H,1-2H3;3H2,1-2H3;2-3H2,1H3;1-2H3;1-2H3. The monoisotopic (exact) mass is 1230 g/mol. The highest BCUT2D eigenvalue weighted by Crippen LogP contribution is 2.52. The zero-order valence-corrected chi connectivity index (χ0v) is 52.5. The highest BCUT2D eigenvalue weighted by atomic mass is 19.4. The van der Waals surface area contributed by atoms with Crippen molar-refractivity contribution in [1.29, 1.82) is 0 Å². The molecule has 0 nitrogen and oxygen atoms in total. The largest absolute Gasteiger partial charge is 0.402 e. The molecular weight excluding hydrogens is 1120 g/mol. The van der Waals surface area contributed by atoms with Crippen molar-refractivity contribution in [2.75, 3.05) is 0 Å². The van der Waals surface area contributed by atoms with Gasteiger partial charge in [-0.1, -0.05) is 162 Å². The zero-order valence-electron chi connectivity index (χ0n) is 52.5. The summed E-state index contributed by atoms with van der Waals surface area (Å²) in [6.45, 7) is 34.3. The van der Waals surface area contributed by atoms with Gasteiger partial charge in [0.1, 0.15) is 5.67 Å². The van der Waals surface area contributed by atoms with Crippen LogP contribution in [0.25, 0.3) is 0 Å². The second-order valence-electron chi connectivity index (χ2n) is 23.9. The van der Waals surface area contributed by atoms with Gasteiger partial charge in [0.15, 0.2) is 10.8 Å². The molecule has 3 aliphatic rings. The SMILES string of the molecule is CC.CC(C)(C(F)(F)F)C(F)(F)F.CC(C)(F)F.CC(C)C(F)(F)F.CC1(F)CC1.CCC(C)(C(F)(F)F)C(F)(F)F.CCC(C)(C)C.CCC(C)(F)F.CCC(C)C(F)(F)F.CCC1CCC(C)(C)CC1.CCC1CCCCC1. The van der Waals surface area contributed by atoms with Crippen molar-refractivity contribution in [3.8, 4) is 0 Å². The van der Waals surface area contributed by atoms with Crippen LogP contribution in [0.2, 0.25) is 0 Å². The molecule has 0 amide bonds. The maximum Gasteiger partial charge on any atom is 0.402 e. The van der Waals surface area contributed by atoms with E-state index in [-0.39, 0.29) is 33.6 Å². The second-order valence-corrected chi connectivity index (χ2v) is 23.9. The molecule has 0 aromatic carbocycles. The molecule has 0 N–H and O–H groups in total. The summed E-state index contributed by atoms with van der Waals surface area (Å²) in [5.74, 6) is -5.17. The van der Waals surface area contributed by atoms with Gasteiger partial charge in [-0.2, -0.15) is 79.0 Å². The lowest BCUT2D eigenvalue weighted by atomic mass is 9.72. The summed E-state index contributed by atoms with van der Waals surface area (Å²) in [7, 11) is 0. The highest BCUT2D eigenvalue weighted by Gasteiger charge is 2.66. The van der Waals surface area contributed by atoms with Crippen LogP contribution in [0.15, 0.2) is 0 Å². The molecule has 0 radical (unpaired) electrons. The minimum atomic E-state index is -5.24. The number of rotatable bonds is 5. The van der Waals surface area contributed by atoms with Gasteiger partial charge in [0.25, 0.3) is 0 Å². The molecule has 3 fully saturated rings. The molecule has 0 bridgehead atoms. The van der Waals surface area contributed by atoms with Gasteiger partial charge in [-0.15, -0.1) is 0 Å². The zero-order chi connectivity index (χ0) is 66.8. The van der Waals surface area contributed by atoms with Gasteiger partial charge in [0, 0.05) is 12.3 Å². The molecule has 23 heteroatoms. The molecule has 0 aliphatic heterocycles. The summed E-state index contributed by atoms with van der Waals surface area (Å²) in [4.78, 5) is 0. The fourth-order valence-electron chi connectivity index (χ4n) is 4.59. The third-order valence-corrected chi connectivity index (χ3v) is 13.2. The van der Waals surface area contributed by atoms with E-state index < -0.39 is 83.7 Å². The van der Waals surface area contributed by atoms with Crippen molar-refractivity contribution < 1.29 is 101 Å². The van der Waals surface area contributed by atoms with Gasteiger partial charge in [0.2, 0.25) is 11.8 Å². The van der Waals surface area contributed by atoms with Crippen molar-refractivity contribution in [1.82, 2.24) is 0 Å². The predicted molar refractivity (Wildman–Crippen MR) is 283 cm³/mol. The fourth-order valence-corrected chi connectivity index (χ4v) is 4.59. The van der Waals surface area contributed by atoms with Crippen LogP contribution in [0.3, 0.4) is 0 Å². The Morgan fingerprint density at radius 2 is 0.662 bits per heavy atom. The Balaban J connectivity index is -0.000000121. The quantitative estimate of drug-likeness (QED) is 0.241. The van der Waals surface area contributed by atoms with E-state index in [1.807, 2.05) is 13.8 Å². The molecule has 0 aromatic rings. The first kappa shape index (κ1) is 94.8. The first-order valence-corrected chi connectivity index (χ1v) is 27.7. The lowest BCUT2D eigenvalue weighted by Crippen LogP contribution is -2.47. The lowest BCUT2D eigenvalue weighted by molar-refractivity contribution is -0.335. The third kappa shape index (κ3) is 58.2. The summed E-state index contributed by atoms with van der Waals surface area (Å²) in [5, 5.41) is 0. The maximum atomic E-state index is 11.9. The molecule has 1 unspecified atom stereocenters. The van der Waals surface area contributed by atoms with Gasteiger partial charge >= 0.3 is 37.1 Å². The summed E-state index contributed by atoms with van der Waals surface area (Å²) >= 11 is 0. The molecule has 496 valence electrons. The molecule has 3 aliphatic carbocycles. The summed E-state index contributed by atoms with van der Waals surface area (Å²) in [6.07, 6.45) is -10.8. The molecule has 1 atom stereocenters. The summed E-state index contributed by atoms with van der Waals surface area (Å²) in [5.41, 5.74) is -6.76. The van der Waals surface area contributed by atoms with Crippen molar-refractivity contribution >= 4 is 0 Å². The minimum Gasteiger partial charge on any atom is -0.244 e. The Morgan fingerprint density at radius 3 is 0.750 bits per heavy atom. The molecule has 3 saturated carbocycles. The van der Waals surface area contributed by atoms with Crippen LogP contribution in [0.1, 0.15) is 268 Å². The van der Waals surface area contributed by atoms with Gasteiger partial charge < -0.3 is 0 Å². The predicted octanol–water partition coefficient (Wildman–Crippen LogP) is 26.7. The van der Waals surface area contributed by atoms with E-state index in [4.69, 9.17) is 0 Å². The average Bonchev–Trinajstić information content (AvgIpc) is 3.98. The fraction of sp³-hybridized carbons (Fsp3) is 1.00. The average molecular weight is 1230 g/mol. The van der Waals surface area contributed by atoms with Crippen LogP contribution in [0.5, 0.6) is 0 Å². The Morgan fingerprint density at radius 1 is 0.412 bits per heavy atom. The van der Waals surface area contributed by atoms with E-state index in [2.05, 4.69) is 55.4 Å². The molecule has 3 rings (SSSR count). The summed E-state index contributed by atoms with van der Waals surface area (Å²) in [6, 6.07) is 0. The summed E-state index contributed by atoms with van der Waals surface area (Å²) < 4.78 is 266. The van der Waals surface area contributed by atoms with E-state index in [0.717, 1.165) is 66.2 Å². The number of alkyl halides is 23. The molecule has 0 spiro atoms. The van der Waals surface area contributed by atoms with Gasteiger partial charge in [-0.3, -0.25) is 0 Å². The lowest BCUT2D eigenvalue weighted by Gasteiger charge is -2.33. The van der Waals surface area contributed by atoms with Crippen LogP contribution < -0.4 is 0 Å². The van der Waals surface area contributed by atoms with Crippen molar-refractivity contribution in [3.05, 3.63) is 0 Å². The molecular formula is C57H107F23. The van der Waals surface area contributed by atoms with Crippen molar-refractivity contribution in [3.63, 3.8) is 0 Å². The number of halogens is 23. The normalized spacial score (nSPS) is 17.3. The molecule has 0 saturated heterocycles. The smallest absolute Gasteiger partial charge is 0.244 e.